The zero-order valence-electron chi connectivity index (χ0n) is 15.1. The van der Waals surface area contributed by atoms with Crippen LogP contribution < -0.4 is 0 Å². The molecule has 7 heteroatoms. The number of ketones is 2. The molecule has 0 aliphatic carbocycles. The van der Waals surface area contributed by atoms with Crippen molar-refractivity contribution in [3.63, 3.8) is 0 Å². The molecular formula is C17H26BNO5. The summed E-state index contributed by atoms with van der Waals surface area (Å²) in [7, 11) is 5.48. The molecule has 0 spiro atoms. The molecule has 0 aromatic rings. The van der Waals surface area contributed by atoms with Crippen LogP contribution >= 0.6 is 0 Å². The molecule has 4 atom stereocenters. The number of Topliss-reactive ketones (excluding diaryl/α,β-unsaturated/α-hetero) is 2. The Morgan fingerprint density at radius 1 is 1.29 bits per heavy atom. The Morgan fingerprint density at radius 3 is 2.25 bits per heavy atom. The van der Waals surface area contributed by atoms with Crippen molar-refractivity contribution >= 4 is 31.5 Å². The first kappa shape index (κ1) is 20.5. The second-order valence-electron chi connectivity index (χ2n) is 6.95. The monoisotopic (exact) mass is 335 g/mol. The SMILES string of the molecule is [B]C(=O)N1C(CC)C(CC(C=O)C(CC(C)=O)C(C)=O)OC1(C)C. The molecule has 0 N–H and O–H groups in total. The van der Waals surface area contributed by atoms with Crippen LogP contribution in [0.1, 0.15) is 53.9 Å². The zero-order valence-corrected chi connectivity index (χ0v) is 15.1. The summed E-state index contributed by atoms with van der Waals surface area (Å²) in [6, 6.07) is -0.273. The Kier molecular flexibility index (Phi) is 6.90. The number of carbonyl (C=O) groups is 4. The van der Waals surface area contributed by atoms with E-state index in [4.69, 9.17) is 12.6 Å². The molecule has 1 saturated heterocycles. The predicted octanol–water partition coefficient (Wildman–Crippen LogP) is 1.88. The van der Waals surface area contributed by atoms with Gasteiger partial charge in [-0.2, -0.15) is 0 Å². The van der Waals surface area contributed by atoms with E-state index in [9.17, 15) is 19.2 Å². The van der Waals surface area contributed by atoms with E-state index < -0.39 is 29.5 Å². The Labute approximate surface area is 144 Å². The maximum atomic E-state index is 11.9. The van der Waals surface area contributed by atoms with Crippen molar-refractivity contribution in [1.29, 1.82) is 0 Å². The summed E-state index contributed by atoms with van der Waals surface area (Å²) >= 11 is 0. The number of hydrogen-bond donors (Lipinski definition) is 0. The summed E-state index contributed by atoms with van der Waals surface area (Å²) in [5.74, 6) is -2.20. The summed E-state index contributed by atoms with van der Waals surface area (Å²) in [4.78, 5) is 48.1. The van der Waals surface area contributed by atoms with Gasteiger partial charge < -0.3 is 19.2 Å². The molecule has 0 bridgehead atoms. The molecule has 132 valence electrons. The molecule has 4 unspecified atom stereocenters. The molecule has 0 aromatic carbocycles. The molecule has 1 rings (SSSR count). The molecule has 0 saturated carbocycles. The van der Waals surface area contributed by atoms with E-state index in [2.05, 4.69) is 0 Å². The van der Waals surface area contributed by atoms with Gasteiger partial charge in [0, 0.05) is 18.3 Å². The van der Waals surface area contributed by atoms with Gasteiger partial charge in [0.15, 0.2) is 5.81 Å². The van der Waals surface area contributed by atoms with Gasteiger partial charge in [-0.3, -0.25) is 9.59 Å². The maximum Gasteiger partial charge on any atom is 0.200 e. The molecule has 1 aliphatic rings. The molecular weight excluding hydrogens is 309 g/mol. The number of aldehydes is 1. The van der Waals surface area contributed by atoms with Crippen LogP contribution in [-0.2, 0) is 19.1 Å². The van der Waals surface area contributed by atoms with Crippen LogP contribution in [0.25, 0.3) is 0 Å². The Morgan fingerprint density at radius 2 is 1.88 bits per heavy atom. The van der Waals surface area contributed by atoms with Crippen LogP contribution in [0.3, 0.4) is 0 Å². The lowest BCUT2D eigenvalue weighted by Gasteiger charge is -2.33. The minimum absolute atomic E-state index is 0.0329. The average Bonchev–Trinajstić information content (AvgIpc) is 2.71. The van der Waals surface area contributed by atoms with Crippen LogP contribution in [0.5, 0.6) is 0 Å². The van der Waals surface area contributed by atoms with E-state index in [1.165, 1.54) is 18.7 Å². The highest BCUT2D eigenvalue weighted by molar-refractivity contribution is 6.57. The Bertz CT molecular complexity index is 519. The third-order valence-corrected chi connectivity index (χ3v) is 4.66. The number of amides is 1. The zero-order chi connectivity index (χ0) is 18.7. The third-order valence-electron chi connectivity index (χ3n) is 4.66. The topological polar surface area (TPSA) is 80.8 Å². The largest absolute Gasteiger partial charge is 0.351 e. The highest BCUT2D eigenvalue weighted by Crippen LogP contribution is 2.37. The lowest BCUT2D eigenvalue weighted by molar-refractivity contribution is -0.131. The highest BCUT2D eigenvalue weighted by Gasteiger charge is 2.48. The lowest BCUT2D eigenvalue weighted by Crippen LogP contribution is -2.47. The fraction of sp³-hybridized carbons (Fsp3) is 0.765. The van der Waals surface area contributed by atoms with Gasteiger partial charge in [-0.05, 0) is 40.5 Å². The fourth-order valence-corrected chi connectivity index (χ4v) is 3.64. The average molecular weight is 335 g/mol. The first-order chi connectivity index (χ1) is 11.0. The second-order valence-corrected chi connectivity index (χ2v) is 6.95. The van der Waals surface area contributed by atoms with Crippen LogP contribution in [0.4, 0.5) is 4.79 Å². The first-order valence-corrected chi connectivity index (χ1v) is 8.26. The minimum Gasteiger partial charge on any atom is -0.351 e. The van der Waals surface area contributed by atoms with Gasteiger partial charge in [-0.1, -0.05) is 6.92 Å². The van der Waals surface area contributed by atoms with Crippen LogP contribution in [0.15, 0.2) is 0 Å². The summed E-state index contributed by atoms with van der Waals surface area (Å²) in [5, 5.41) is 0. The standard InChI is InChI=1S/C17H26BNO5/c1-6-14-15(24-17(4,5)19(14)16(18)23)8-12(9-20)13(11(3)22)7-10(2)21/h9,12-15H,6-8H2,1-5H3. The molecule has 24 heavy (non-hydrogen) atoms. The lowest BCUT2D eigenvalue weighted by atomic mass is 9.81. The number of nitrogens with zero attached hydrogens (tertiary/aromatic N) is 1. The van der Waals surface area contributed by atoms with Gasteiger partial charge in [0.25, 0.3) is 0 Å². The molecule has 1 fully saturated rings. The second kappa shape index (κ2) is 8.05. The third kappa shape index (κ3) is 4.53. The van der Waals surface area contributed by atoms with Gasteiger partial charge in [0.05, 0.1) is 12.1 Å². The Balaban J connectivity index is 3.02. The van der Waals surface area contributed by atoms with Crippen molar-refractivity contribution in [1.82, 2.24) is 4.90 Å². The van der Waals surface area contributed by atoms with E-state index in [0.29, 0.717) is 12.7 Å². The van der Waals surface area contributed by atoms with Crippen LogP contribution in [0.2, 0.25) is 0 Å². The van der Waals surface area contributed by atoms with E-state index in [1.54, 1.807) is 13.8 Å². The van der Waals surface area contributed by atoms with Gasteiger partial charge in [0.2, 0.25) is 7.85 Å². The molecule has 1 heterocycles. The smallest absolute Gasteiger partial charge is 0.200 e. The molecule has 6 nitrogen and oxygen atoms in total. The molecule has 1 aliphatic heterocycles. The molecule has 2 radical (unpaired) electrons. The van der Waals surface area contributed by atoms with E-state index in [1.807, 2.05) is 6.92 Å². The summed E-state index contributed by atoms with van der Waals surface area (Å²) < 4.78 is 5.96. The normalized spacial score (nSPS) is 25.1. The fourth-order valence-electron chi connectivity index (χ4n) is 3.64. The minimum atomic E-state index is -0.878. The van der Waals surface area contributed by atoms with E-state index in [-0.39, 0.29) is 30.4 Å². The van der Waals surface area contributed by atoms with E-state index in [0.717, 1.165) is 0 Å². The van der Waals surface area contributed by atoms with Crippen molar-refractivity contribution in [3.05, 3.63) is 0 Å². The number of hydrogen-bond acceptors (Lipinski definition) is 5. The van der Waals surface area contributed by atoms with Gasteiger partial charge >= 0.3 is 0 Å². The maximum absolute atomic E-state index is 11.9. The quantitative estimate of drug-likeness (QED) is 0.500. The number of rotatable bonds is 8. The van der Waals surface area contributed by atoms with Crippen molar-refractivity contribution in [2.75, 3.05) is 0 Å². The number of ether oxygens (including phenoxy) is 1. The van der Waals surface area contributed by atoms with Gasteiger partial charge in [0.1, 0.15) is 23.6 Å². The summed E-state index contributed by atoms with van der Waals surface area (Å²) in [6.07, 6.45) is 1.21. The first-order valence-electron chi connectivity index (χ1n) is 8.26. The summed E-state index contributed by atoms with van der Waals surface area (Å²) in [6.45, 7) is 8.18. The predicted molar refractivity (Wildman–Crippen MR) is 89.7 cm³/mol. The van der Waals surface area contributed by atoms with Crippen molar-refractivity contribution in [3.8, 4) is 0 Å². The van der Waals surface area contributed by atoms with Gasteiger partial charge in [-0.15, -0.1) is 0 Å². The Hall–Kier alpha value is -1.50. The molecule has 0 aromatic heterocycles. The van der Waals surface area contributed by atoms with Crippen molar-refractivity contribution < 1.29 is 23.9 Å². The molecule has 1 amide bonds. The highest BCUT2D eigenvalue weighted by atomic mass is 16.5. The number of carbonyl (C=O) groups excluding carboxylic acids is 4. The van der Waals surface area contributed by atoms with E-state index >= 15 is 0 Å². The van der Waals surface area contributed by atoms with Gasteiger partial charge in [-0.25, -0.2) is 0 Å². The van der Waals surface area contributed by atoms with Crippen LogP contribution in [0, 0.1) is 11.8 Å². The van der Waals surface area contributed by atoms with Crippen LogP contribution in [-0.4, -0.2) is 54.3 Å². The summed E-state index contributed by atoms with van der Waals surface area (Å²) in [5.41, 5.74) is -0.878. The van der Waals surface area contributed by atoms with Crippen molar-refractivity contribution in [2.24, 2.45) is 11.8 Å². The van der Waals surface area contributed by atoms with Crippen molar-refractivity contribution in [2.45, 2.75) is 71.8 Å².